The molecular formula is C4H8N2O3. The molecule has 1 aliphatic heterocycles. The summed E-state index contributed by atoms with van der Waals surface area (Å²) in [4.78, 5) is 10.3. The van der Waals surface area contributed by atoms with Crippen LogP contribution in [0.2, 0.25) is 0 Å². The third-order valence-electron chi connectivity index (χ3n) is 1.20. The highest BCUT2D eigenvalue weighted by molar-refractivity contribution is 5.72. The fourth-order valence-electron chi connectivity index (χ4n) is 0.687. The quantitative estimate of drug-likeness (QED) is 0.220. The minimum Gasteiger partial charge on any atom is -0.434 e. The molecule has 0 bridgehead atoms. The van der Waals surface area contributed by atoms with Gasteiger partial charge in [-0.3, -0.25) is 16.1 Å². The van der Waals surface area contributed by atoms with Gasteiger partial charge < -0.3 is 9.84 Å². The van der Waals surface area contributed by atoms with Crippen LogP contribution in [0, 0.1) is 0 Å². The first-order valence-corrected chi connectivity index (χ1v) is 2.57. The van der Waals surface area contributed by atoms with Crippen LogP contribution in [0.1, 0.15) is 6.42 Å². The van der Waals surface area contributed by atoms with Crippen LogP contribution in [0.3, 0.4) is 0 Å². The van der Waals surface area contributed by atoms with E-state index in [-0.39, 0.29) is 6.42 Å². The molecule has 0 aromatic carbocycles. The van der Waals surface area contributed by atoms with E-state index in [0.29, 0.717) is 0 Å². The summed E-state index contributed by atoms with van der Waals surface area (Å²) in [5, 5.41) is 8.77. The number of hydrogen-bond acceptors (Lipinski definition) is 5. The number of aliphatic hydroxyl groups is 1. The fourth-order valence-corrected chi connectivity index (χ4v) is 0.687. The summed E-state index contributed by atoms with van der Waals surface area (Å²) in [6, 6.07) is -0.447. The minimum absolute atomic E-state index is 0.137. The third kappa shape index (κ3) is 1.18. The first-order valence-electron chi connectivity index (χ1n) is 2.57. The summed E-state index contributed by atoms with van der Waals surface area (Å²) in [5.41, 5.74) is 2.25. The SMILES string of the molecule is NNC1CC(=O)OC1O. The average Bonchev–Trinajstić information content (AvgIpc) is 2.10. The first kappa shape index (κ1) is 6.47. The van der Waals surface area contributed by atoms with Gasteiger partial charge in [-0.25, -0.2) is 0 Å². The standard InChI is InChI=1S/C4H8N2O3/c5-6-2-1-3(7)9-4(2)8/h2,4,6,8H,1,5H2. The van der Waals surface area contributed by atoms with Gasteiger partial charge in [0.1, 0.15) is 0 Å². The van der Waals surface area contributed by atoms with Crippen LogP contribution < -0.4 is 11.3 Å². The molecule has 1 saturated heterocycles. The normalized spacial score (nSPS) is 34.7. The molecule has 4 N–H and O–H groups in total. The number of ether oxygens (including phenoxy) is 1. The molecule has 2 atom stereocenters. The molecule has 2 unspecified atom stereocenters. The molecule has 0 saturated carbocycles. The first-order chi connectivity index (χ1) is 4.24. The van der Waals surface area contributed by atoms with E-state index in [1.54, 1.807) is 0 Å². The number of carbonyl (C=O) groups is 1. The van der Waals surface area contributed by atoms with Crippen molar-refractivity contribution in [2.45, 2.75) is 18.8 Å². The van der Waals surface area contributed by atoms with Gasteiger partial charge in [-0.2, -0.15) is 0 Å². The van der Waals surface area contributed by atoms with Crippen LogP contribution in [-0.4, -0.2) is 23.4 Å². The molecule has 0 spiro atoms. The van der Waals surface area contributed by atoms with Crippen LogP contribution in [0.15, 0.2) is 0 Å². The number of nitrogens with two attached hydrogens (primary N) is 1. The molecule has 0 aliphatic carbocycles. The Bertz CT molecular complexity index is 127. The van der Waals surface area contributed by atoms with Crippen molar-refractivity contribution in [3.05, 3.63) is 0 Å². The maximum Gasteiger partial charge on any atom is 0.310 e. The van der Waals surface area contributed by atoms with Crippen LogP contribution in [0.25, 0.3) is 0 Å². The van der Waals surface area contributed by atoms with E-state index in [1.807, 2.05) is 0 Å². The molecule has 0 aromatic heterocycles. The van der Waals surface area contributed by atoms with Crippen molar-refractivity contribution in [3.8, 4) is 0 Å². The second-order valence-electron chi connectivity index (χ2n) is 1.86. The maximum atomic E-state index is 10.3. The van der Waals surface area contributed by atoms with Gasteiger partial charge in [-0.05, 0) is 0 Å². The Balaban J connectivity index is 2.47. The van der Waals surface area contributed by atoms with E-state index in [1.165, 1.54) is 0 Å². The highest BCUT2D eigenvalue weighted by Crippen LogP contribution is 2.10. The highest BCUT2D eigenvalue weighted by atomic mass is 16.6. The van der Waals surface area contributed by atoms with Gasteiger partial charge in [0.2, 0.25) is 6.29 Å². The Labute approximate surface area is 51.8 Å². The van der Waals surface area contributed by atoms with Gasteiger partial charge >= 0.3 is 5.97 Å². The van der Waals surface area contributed by atoms with Gasteiger partial charge in [-0.1, -0.05) is 0 Å². The summed E-state index contributed by atoms with van der Waals surface area (Å²) >= 11 is 0. The number of rotatable bonds is 1. The Morgan fingerprint density at radius 3 is 2.78 bits per heavy atom. The zero-order chi connectivity index (χ0) is 6.85. The lowest BCUT2D eigenvalue weighted by Gasteiger charge is -2.08. The lowest BCUT2D eigenvalue weighted by molar-refractivity contribution is -0.154. The second kappa shape index (κ2) is 2.30. The van der Waals surface area contributed by atoms with Gasteiger partial charge in [0, 0.05) is 0 Å². The largest absolute Gasteiger partial charge is 0.434 e. The molecule has 5 heteroatoms. The summed E-state index contributed by atoms with van der Waals surface area (Å²) in [6.45, 7) is 0. The monoisotopic (exact) mass is 132 g/mol. The van der Waals surface area contributed by atoms with Crippen molar-refractivity contribution in [2.75, 3.05) is 0 Å². The van der Waals surface area contributed by atoms with Crippen molar-refractivity contribution >= 4 is 5.97 Å². The van der Waals surface area contributed by atoms with Crippen molar-refractivity contribution in [3.63, 3.8) is 0 Å². The lowest BCUT2D eigenvalue weighted by atomic mass is 10.2. The highest BCUT2D eigenvalue weighted by Gasteiger charge is 2.31. The number of hydrogen-bond donors (Lipinski definition) is 3. The van der Waals surface area contributed by atoms with Crippen molar-refractivity contribution in [1.29, 1.82) is 0 Å². The van der Waals surface area contributed by atoms with E-state index in [4.69, 9.17) is 10.9 Å². The lowest BCUT2D eigenvalue weighted by Crippen LogP contribution is -2.40. The smallest absolute Gasteiger partial charge is 0.310 e. The maximum absolute atomic E-state index is 10.3. The molecule has 1 aliphatic rings. The predicted molar refractivity (Wildman–Crippen MR) is 27.8 cm³/mol. The van der Waals surface area contributed by atoms with Crippen LogP contribution >= 0.6 is 0 Å². The summed E-state index contributed by atoms with van der Waals surface area (Å²) in [6.07, 6.45) is -0.944. The second-order valence-corrected chi connectivity index (χ2v) is 1.86. The van der Waals surface area contributed by atoms with E-state index in [0.717, 1.165) is 0 Å². The van der Waals surface area contributed by atoms with Crippen LogP contribution in [-0.2, 0) is 9.53 Å². The average molecular weight is 132 g/mol. The van der Waals surface area contributed by atoms with Crippen molar-refractivity contribution in [1.82, 2.24) is 5.43 Å². The number of hydrazine groups is 1. The molecule has 1 heterocycles. The number of esters is 1. The molecule has 1 fully saturated rings. The molecule has 5 nitrogen and oxygen atoms in total. The summed E-state index contributed by atoms with van der Waals surface area (Å²) in [7, 11) is 0. The molecule has 0 radical (unpaired) electrons. The number of carbonyl (C=O) groups excluding carboxylic acids is 1. The molecule has 1 rings (SSSR count). The molecule has 0 aromatic rings. The van der Waals surface area contributed by atoms with Crippen LogP contribution in [0.4, 0.5) is 0 Å². The number of aliphatic hydroxyl groups excluding tert-OH is 1. The Kier molecular flexibility index (Phi) is 1.65. The van der Waals surface area contributed by atoms with E-state index >= 15 is 0 Å². The molecular weight excluding hydrogens is 124 g/mol. The van der Waals surface area contributed by atoms with E-state index in [9.17, 15) is 4.79 Å². The van der Waals surface area contributed by atoms with Gasteiger partial charge in [0.25, 0.3) is 0 Å². The summed E-state index contributed by atoms with van der Waals surface area (Å²) in [5.74, 6) is 4.52. The Morgan fingerprint density at radius 2 is 2.56 bits per heavy atom. The van der Waals surface area contributed by atoms with Gasteiger partial charge in [0.05, 0.1) is 12.5 Å². The van der Waals surface area contributed by atoms with Crippen molar-refractivity contribution in [2.24, 2.45) is 5.84 Å². The zero-order valence-corrected chi connectivity index (χ0v) is 4.70. The van der Waals surface area contributed by atoms with Crippen molar-refractivity contribution < 1.29 is 14.6 Å². The topological polar surface area (TPSA) is 84.6 Å². The molecule has 52 valence electrons. The van der Waals surface area contributed by atoms with Crippen LogP contribution in [0.5, 0.6) is 0 Å². The zero-order valence-electron chi connectivity index (χ0n) is 4.70. The number of nitrogens with one attached hydrogen (secondary N) is 1. The predicted octanol–water partition coefficient (Wildman–Crippen LogP) is -1.92. The third-order valence-corrected chi connectivity index (χ3v) is 1.20. The molecule has 9 heavy (non-hydrogen) atoms. The minimum atomic E-state index is -1.08. The van der Waals surface area contributed by atoms with Gasteiger partial charge in [0.15, 0.2) is 0 Å². The number of cyclic esters (lactones) is 1. The van der Waals surface area contributed by atoms with E-state index < -0.39 is 18.3 Å². The Morgan fingerprint density at radius 1 is 1.89 bits per heavy atom. The van der Waals surface area contributed by atoms with E-state index in [2.05, 4.69) is 10.2 Å². The molecule has 0 amide bonds. The summed E-state index contributed by atoms with van der Waals surface area (Å²) < 4.78 is 4.34. The fraction of sp³-hybridized carbons (Fsp3) is 0.750. The Hall–Kier alpha value is -0.650. The van der Waals surface area contributed by atoms with Gasteiger partial charge in [-0.15, -0.1) is 0 Å².